The molecule has 0 bridgehead atoms. The first-order valence-electron chi connectivity index (χ1n) is 18.2. The summed E-state index contributed by atoms with van der Waals surface area (Å²) in [5.41, 5.74) is 11.8. The van der Waals surface area contributed by atoms with Gasteiger partial charge >= 0.3 is 305 Å². The third-order valence-electron chi connectivity index (χ3n) is 12.2. The van der Waals surface area contributed by atoms with Crippen LogP contribution in [0, 0.1) is 0 Å². The van der Waals surface area contributed by atoms with Crippen molar-refractivity contribution < 1.29 is 20.0 Å². The van der Waals surface area contributed by atoms with Crippen LogP contribution in [0.15, 0.2) is 126 Å². The molecule has 5 aromatic rings. The van der Waals surface area contributed by atoms with Crippen LogP contribution in [0.4, 0.5) is 0 Å². The van der Waals surface area contributed by atoms with Crippen molar-refractivity contribution in [3.63, 3.8) is 0 Å². The van der Waals surface area contributed by atoms with Crippen LogP contribution < -0.4 is 15.6 Å². The molecule has 1 heterocycles. The summed E-state index contributed by atoms with van der Waals surface area (Å²) in [6, 6.07) is 45.4. The van der Waals surface area contributed by atoms with Gasteiger partial charge in [0.1, 0.15) is 0 Å². The molecule has 2 atom stereocenters. The Morgan fingerprint density at radius 2 is 0.898 bits per heavy atom. The quantitative estimate of drug-likeness (QED) is 0.155. The Morgan fingerprint density at radius 3 is 1.29 bits per heavy atom. The fourth-order valence-electron chi connectivity index (χ4n) is 9.51. The van der Waals surface area contributed by atoms with Gasteiger partial charge in [-0.1, -0.05) is 0 Å². The van der Waals surface area contributed by atoms with E-state index in [9.17, 15) is 0 Å². The zero-order chi connectivity index (χ0) is 34.5. The summed E-state index contributed by atoms with van der Waals surface area (Å²) in [5.74, 6) is 0. The van der Waals surface area contributed by atoms with Crippen LogP contribution in [-0.4, -0.2) is 24.2 Å². The fourth-order valence-corrected chi connectivity index (χ4v) is 43.5. The Morgan fingerprint density at radius 1 is 0.490 bits per heavy atom. The Bertz CT molecular complexity index is 2030. The van der Waals surface area contributed by atoms with Crippen molar-refractivity contribution in [3.05, 3.63) is 148 Å². The molecule has 49 heavy (non-hydrogen) atoms. The summed E-state index contributed by atoms with van der Waals surface area (Å²) in [5, 5.41) is 8.19. The molecule has 5 aromatic carbocycles. The van der Waals surface area contributed by atoms with Gasteiger partial charge in [0.15, 0.2) is 0 Å². The van der Waals surface area contributed by atoms with Crippen molar-refractivity contribution >= 4 is 51.9 Å². The molecule has 1 saturated heterocycles. The van der Waals surface area contributed by atoms with Gasteiger partial charge in [-0.15, -0.1) is 0 Å². The van der Waals surface area contributed by atoms with Gasteiger partial charge in [-0.3, -0.25) is 0 Å². The summed E-state index contributed by atoms with van der Waals surface area (Å²) in [6.07, 6.45) is 5.44. The molecule has 0 saturated carbocycles. The average molecular weight is 854 g/mol. The molecule has 0 radical (unpaired) electrons. The van der Waals surface area contributed by atoms with E-state index in [0.717, 1.165) is 0 Å². The van der Waals surface area contributed by atoms with E-state index in [1.54, 1.807) is 26.7 Å². The molecule has 3 aliphatic rings. The maximum absolute atomic E-state index is 3.18. The van der Waals surface area contributed by atoms with Crippen LogP contribution >= 0.6 is 0 Å². The molecule has 1 aliphatic heterocycles. The Labute approximate surface area is 302 Å². The van der Waals surface area contributed by atoms with Gasteiger partial charge < -0.3 is 0 Å². The minimum atomic E-state index is -3.18. The molecule has 0 amide bonds. The summed E-state index contributed by atoms with van der Waals surface area (Å²) in [4.78, 5) is 0. The Hall–Kier alpha value is -2.90. The minimum absolute atomic E-state index is 0.591. The van der Waals surface area contributed by atoms with Crippen LogP contribution in [0.2, 0.25) is 55.2 Å². The summed E-state index contributed by atoms with van der Waals surface area (Å²) in [7, 11) is -5.00. The van der Waals surface area contributed by atoms with Crippen molar-refractivity contribution in [2.24, 2.45) is 0 Å². The van der Waals surface area contributed by atoms with Crippen LogP contribution in [0.25, 0.3) is 34.4 Å². The normalized spacial score (nSPS) is 22.1. The van der Waals surface area contributed by atoms with E-state index >= 15 is 0 Å². The third kappa shape index (κ3) is 5.19. The predicted octanol–water partition coefficient (Wildman–Crippen LogP) is 11.0. The van der Waals surface area contributed by atoms with E-state index in [4.69, 9.17) is 0 Å². The molecule has 0 aromatic heterocycles. The van der Waals surface area contributed by atoms with Gasteiger partial charge in [0.25, 0.3) is 0 Å². The second-order valence-electron chi connectivity index (χ2n) is 17.6. The fraction of sp³-hybridized carbons (Fsp3) is 0.244. The van der Waals surface area contributed by atoms with Crippen LogP contribution in [0.1, 0.15) is 29.6 Å². The SMILES string of the molecule is C[Si](C)(C)c1ccc(-c2cccc3c2C=C2[CH]3[Hf]([CH3])([CH3])[CH]3C(=Cc4c(-c5ccc([Si](C)(C)C)cc5)cccc43)[Si]2(C)c2ccccc2)cc1. The molecule has 246 valence electrons. The number of benzene rings is 5. The van der Waals surface area contributed by atoms with Gasteiger partial charge in [0.05, 0.1) is 0 Å². The van der Waals surface area contributed by atoms with E-state index in [-0.39, 0.29) is 0 Å². The molecule has 8 rings (SSSR count). The van der Waals surface area contributed by atoms with Gasteiger partial charge in [-0.2, -0.15) is 0 Å². The summed E-state index contributed by atoms with van der Waals surface area (Å²) < 4.78 is 6.76. The summed E-state index contributed by atoms with van der Waals surface area (Å²) >= 11 is -3.18. The van der Waals surface area contributed by atoms with Gasteiger partial charge in [0, 0.05) is 0 Å². The van der Waals surface area contributed by atoms with Crippen molar-refractivity contribution in [2.75, 3.05) is 0 Å². The van der Waals surface area contributed by atoms with Crippen molar-refractivity contribution in [1.82, 2.24) is 0 Å². The first-order chi connectivity index (χ1) is 23.2. The molecule has 2 unspecified atom stereocenters. The van der Waals surface area contributed by atoms with Crippen LogP contribution in [0.3, 0.4) is 0 Å². The first kappa shape index (κ1) is 33.3. The first-order valence-corrected chi connectivity index (χ1v) is 39.0. The molecular weight excluding hydrogens is 803 g/mol. The molecule has 4 heteroatoms. The van der Waals surface area contributed by atoms with E-state index in [2.05, 4.69) is 183 Å². The predicted molar refractivity (Wildman–Crippen MR) is 221 cm³/mol. The zero-order valence-electron chi connectivity index (χ0n) is 30.8. The number of allylic oxidation sites excluding steroid dienone is 2. The van der Waals surface area contributed by atoms with E-state index in [1.807, 2.05) is 0 Å². The second kappa shape index (κ2) is 11.6. The monoisotopic (exact) mass is 854 g/mol. The van der Waals surface area contributed by atoms with E-state index in [1.165, 1.54) is 43.8 Å². The van der Waals surface area contributed by atoms with Gasteiger partial charge in [-0.05, 0) is 0 Å². The molecule has 0 spiro atoms. The van der Waals surface area contributed by atoms with Gasteiger partial charge in [-0.25, -0.2) is 0 Å². The molecule has 1 fully saturated rings. The number of hydrogen-bond acceptors (Lipinski definition) is 0. The van der Waals surface area contributed by atoms with Crippen molar-refractivity contribution in [2.45, 2.75) is 62.5 Å². The topological polar surface area (TPSA) is 0 Å². The van der Waals surface area contributed by atoms with Crippen molar-refractivity contribution in [3.8, 4) is 22.3 Å². The number of rotatable bonds is 5. The molecule has 0 N–H and O–H groups in total. The van der Waals surface area contributed by atoms with E-state index < -0.39 is 44.2 Å². The van der Waals surface area contributed by atoms with Gasteiger partial charge in [0.2, 0.25) is 0 Å². The summed E-state index contributed by atoms with van der Waals surface area (Å²) in [6.45, 7) is 17.4. The standard InChI is InChI=1S/C43H44Si3.2CH3.Hf/c1-44(2,3)35-23-19-31(20-24-35)40-17-11-13-33-27-38(29-42(33)40)46(7,37-15-9-8-10-16-37)39-28-34-14-12-18-41(43(34)30-39)32-21-25-36(26-22-32)45(4,5)6;;;/h8-30H,1-7H3;2*1H3;. The van der Waals surface area contributed by atoms with Crippen LogP contribution in [0.5, 0.6) is 0 Å². The zero-order valence-corrected chi connectivity index (χ0v) is 37.4. The Balaban J connectivity index is 1.33. The van der Waals surface area contributed by atoms with Crippen molar-refractivity contribution in [1.29, 1.82) is 0 Å². The second-order valence-corrected chi connectivity index (χ2v) is 49.0. The Kier molecular flexibility index (Phi) is 7.85. The molecule has 2 aliphatic carbocycles. The van der Waals surface area contributed by atoms with E-state index in [0.29, 0.717) is 7.35 Å². The molecule has 0 nitrogen and oxygen atoms in total. The number of fused-ring (bicyclic) bond motifs is 6. The van der Waals surface area contributed by atoms with Crippen LogP contribution in [-0.2, 0) is 20.0 Å². The third-order valence-corrected chi connectivity index (χ3v) is 38.3. The molecular formula is C45H50HfSi3. The maximum atomic E-state index is 2.79. The average Bonchev–Trinajstić information content (AvgIpc) is 3.69. The number of hydrogen-bond donors (Lipinski definition) is 0.